The van der Waals surface area contributed by atoms with Crippen LogP contribution in [0.5, 0.6) is 0 Å². The molecule has 0 radical (unpaired) electrons. The van der Waals surface area contributed by atoms with Gasteiger partial charge in [0.25, 0.3) is 0 Å². The number of nitrogens with one attached hydrogen (secondary N) is 1. The van der Waals surface area contributed by atoms with Crippen molar-refractivity contribution in [3.8, 4) is 11.3 Å². The second-order valence-electron chi connectivity index (χ2n) is 7.08. The van der Waals surface area contributed by atoms with Gasteiger partial charge in [0, 0.05) is 23.4 Å². The molecule has 0 bridgehead atoms. The number of fused-ring (bicyclic) bond motifs is 3. The van der Waals surface area contributed by atoms with E-state index in [1.54, 1.807) is 0 Å². The van der Waals surface area contributed by atoms with E-state index in [1.165, 1.54) is 5.56 Å². The van der Waals surface area contributed by atoms with Crippen LogP contribution >= 0.6 is 23.2 Å². The predicted octanol–water partition coefficient (Wildman–Crippen LogP) is 6.88. The van der Waals surface area contributed by atoms with Crippen molar-refractivity contribution in [3.05, 3.63) is 106 Å². The van der Waals surface area contributed by atoms with E-state index >= 15 is 0 Å². The molecule has 5 heteroatoms. The lowest BCUT2D eigenvalue weighted by atomic mass is 9.78. The molecule has 0 aliphatic heterocycles. The lowest BCUT2D eigenvalue weighted by molar-refractivity contribution is 0.782. The van der Waals surface area contributed by atoms with E-state index in [4.69, 9.17) is 28.2 Å². The highest BCUT2D eigenvalue weighted by molar-refractivity contribution is 6.42. The minimum atomic E-state index is 0.185. The Morgan fingerprint density at radius 2 is 1.66 bits per heavy atom. The van der Waals surface area contributed by atoms with Gasteiger partial charge in [0.15, 0.2) is 0 Å². The Morgan fingerprint density at radius 1 is 0.862 bits per heavy atom. The van der Waals surface area contributed by atoms with Gasteiger partial charge in [-0.2, -0.15) is 0 Å². The minimum absolute atomic E-state index is 0.185. The van der Waals surface area contributed by atoms with Crippen LogP contribution in [0.15, 0.2) is 79.0 Å². The molecule has 0 saturated carbocycles. The lowest BCUT2D eigenvalue weighted by Crippen LogP contribution is -2.15. The molecule has 1 atom stereocenters. The van der Waals surface area contributed by atoms with Crippen LogP contribution in [-0.4, -0.2) is 9.97 Å². The van der Waals surface area contributed by atoms with Crippen molar-refractivity contribution in [2.75, 3.05) is 5.32 Å². The van der Waals surface area contributed by atoms with Crippen LogP contribution in [0.1, 0.15) is 22.6 Å². The van der Waals surface area contributed by atoms with Gasteiger partial charge in [-0.3, -0.25) is 0 Å². The number of nitrogens with zero attached hydrogens (tertiary/aromatic N) is 2. The summed E-state index contributed by atoms with van der Waals surface area (Å²) in [5.41, 5.74) is 6.57. The van der Waals surface area contributed by atoms with Crippen molar-refractivity contribution < 1.29 is 0 Å². The highest BCUT2D eigenvalue weighted by Crippen LogP contribution is 2.42. The van der Waals surface area contributed by atoms with Gasteiger partial charge in [0.05, 0.1) is 15.7 Å². The zero-order chi connectivity index (χ0) is 19.8. The molecule has 0 unspecified atom stereocenters. The maximum Gasteiger partial charge on any atom is 0.227 e. The van der Waals surface area contributed by atoms with Gasteiger partial charge in [0.1, 0.15) is 0 Å². The fraction of sp³-hybridized carbons (Fsp3) is 0.0833. The molecule has 0 fully saturated rings. The highest BCUT2D eigenvalue weighted by Gasteiger charge is 2.27. The van der Waals surface area contributed by atoms with Gasteiger partial charge in [-0.15, -0.1) is 0 Å². The van der Waals surface area contributed by atoms with E-state index in [0.717, 1.165) is 34.5 Å². The van der Waals surface area contributed by atoms with E-state index in [1.807, 2.05) is 60.8 Å². The number of benzene rings is 3. The Morgan fingerprint density at radius 3 is 2.48 bits per heavy atom. The maximum atomic E-state index is 6.29. The molecule has 0 saturated heterocycles. The Bertz CT molecular complexity index is 1190. The predicted molar refractivity (Wildman–Crippen MR) is 119 cm³/mol. The molecule has 0 spiro atoms. The maximum absolute atomic E-state index is 6.29. The first-order chi connectivity index (χ1) is 14.2. The van der Waals surface area contributed by atoms with E-state index < -0.39 is 0 Å². The van der Waals surface area contributed by atoms with Crippen molar-refractivity contribution in [2.24, 2.45) is 0 Å². The third kappa shape index (κ3) is 3.48. The summed E-state index contributed by atoms with van der Waals surface area (Å²) in [5, 5.41) is 4.43. The van der Waals surface area contributed by atoms with Crippen LogP contribution in [0.25, 0.3) is 11.3 Å². The first kappa shape index (κ1) is 18.2. The quantitative estimate of drug-likeness (QED) is 0.394. The van der Waals surface area contributed by atoms with E-state index in [2.05, 4.69) is 28.5 Å². The summed E-state index contributed by atoms with van der Waals surface area (Å²) in [7, 11) is 0. The third-order valence-corrected chi connectivity index (χ3v) is 5.99. The molecule has 29 heavy (non-hydrogen) atoms. The van der Waals surface area contributed by atoms with Crippen molar-refractivity contribution in [2.45, 2.75) is 12.3 Å². The number of aromatic nitrogens is 2. The fourth-order valence-electron chi connectivity index (χ4n) is 3.87. The summed E-state index contributed by atoms with van der Waals surface area (Å²) in [6.45, 7) is 0. The van der Waals surface area contributed by atoms with Gasteiger partial charge in [0.2, 0.25) is 5.95 Å². The summed E-state index contributed by atoms with van der Waals surface area (Å²) < 4.78 is 0. The highest BCUT2D eigenvalue weighted by atomic mass is 35.5. The number of para-hydroxylation sites is 1. The molecule has 3 nitrogen and oxygen atoms in total. The largest absolute Gasteiger partial charge is 0.324 e. The Hall–Kier alpha value is -2.88. The summed E-state index contributed by atoms with van der Waals surface area (Å²) in [6, 6.07) is 24.2. The van der Waals surface area contributed by atoms with Crippen LogP contribution in [0.3, 0.4) is 0 Å². The summed E-state index contributed by atoms with van der Waals surface area (Å²) in [5.74, 6) is 0.780. The Kier molecular flexibility index (Phi) is 4.70. The standard InChI is InChI=1S/C24H17Cl2N3/c25-21-11-10-15(13-22(21)26)20-12-16-14-27-24(28-17-6-2-1-3-7-17)29-23(16)19-9-5-4-8-18(19)20/h1-11,13-14,20H,12H2,(H,27,28,29)/t20-/m1/s1. The number of halogens is 2. The normalized spacial score (nSPS) is 14.8. The van der Waals surface area contributed by atoms with Crippen molar-refractivity contribution in [1.29, 1.82) is 0 Å². The number of hydrogen-bond acceptors (Lipinski definition) is 3. The average molecular weight is 418 g/mol. The Labute approximate surface area is 179 Å². The molecule has 1 heterocycles. The molecule has 1 aliphatic rings. The SMILES string of the molecule is Clc1ccc([C@H]2Cc3cnc(Nc4ccccc4)nc3-c3ccccc32)cc1Cl. The van der Waals surface area contributed by atoms with Gasteiger partial charge in [-0.25, -0.2) is 9.97 Å². The van der Waals surface area contributed by atoms with E-state index in [9.17, 15) is 0 Å². The molecule has 1 aliphatic carbocycles. The first-order valence-electron chi connectivity index (χ1n) is 9.41. The van der Waals surface area contributed by atoms with Crippen LogP contribution in [-0.2, 0) is 6.42 Å². The molecule has 5 rings (SSSR count). The van der Waals surface area contributed by atoms with Crippen molar-refractivity contribution >= 4 is 34.8 Å². The summed E-state index contributed by atoms with van der Waals surface area (Å²) in [6.07, 6.45) is 2.74. The van der Waals surface area contributed by atoms with E-state index in [-0.39, 0.29) is 5.92 Å². The molecule has 1 aromatic heterocycles. The number of hydrogen-bond donors (Lipinski definition) is 1. The van der Waals surface area contributed by atoms with Gasteiger partial charge < -0.3 is 5.32 Å². The molecule has 1 N–H and O–H groups in total. The summed E-state index contributed by atoms with van der Waals surface area (Å²) >= 11 is 12.4. The zero-order valence-electron chi connectivity index (χ0n) is 15.4. The second-order valence-corrected chi connectivity index (χ2v) is 7.89. The molecule has 142 valence electrons. The van der Waals surface area contributed by atoms with Crippen LogP contribution in [0.2, 0.25) is 10.0 Å². The smallest absolute Gasteiger partial charge is 0.227 e. The van der Waals surface area contributed by atoms with E-state index in [0.29, 0.717) is 16.0 Å². The van der Waals surface area contributed by atoms with Gasteiger partial charge >= 0.3 is 0 Å². The second kappa shape index (κ2) is 7.51. The van der Waals surface area contributed by atoms with Crippen LogP contribution in [0.4, 0.5) is 11.6 Å². The molecular formula is C24H17Cl2N3. The summed E-state index contributed by atoms with van der Waals surface area (Å²) in [4.78, 5) is 9.39. The third-order valence-electron chi connectivity index (χ3n) is 5.26. The fourth-order valence-corrected chi connectivity index (χ4v) is 4.18. The van der Waals surface area contributed by atoms with Gasteiger partial charge in [-0.1, -0.05) is 71.7 Å². The molecule has 4 aromatic rings. The topological polar surface area (TPSA) is 37.8 Å². The van der Waals surface area contributed by atoms with Crippen LogP contribution < -0.4 is 5.32 Å². The monoisotopic (exact) mass is 417 g/mol. The van der Waals surface area contributed by atoms with Gasteiger partial charge in [-0.05, 0) is 47.4 Å². The first-order valence-corrected chi connectivity index (χ1v) is 10.2. The lowest BCUT2D eigenvalue weighted by Gasteiger charge is -2.27. The van der Waals surface area contributed by atoms with Crippen molar-refractivity contribution in [3.63, 3.8) is 0 Å². The molecule has 0 amide bonds. The van der Waals surface area contributed by atoms with Crippen molar-refractivity contribution in [1.82, 2.24) is 9.97 Å². The molecular weight excluding hydrogens is 401 g/mol. The minimum Gasteiger partial charge on any atom is -0.324 e. The Balaban J connectivity index is 1.56. The number of anilines is 2. The van der Waals surface area contributed by atoms with Crippen LogP contribution in [0, 0.1) is 0 Å². The zero-order valence-corrected chi connectivity index (χ0v) is 17.0. The molecule has 3 aromatic carbocycles. The number of rotatable bonds is 3. The average Bonchev–Trinajstić information content (AvgIpc) is 2.76.